The quantitative estimate of drug-likeness (QED) is 0.532. The van der Waals surface area contributed by atoms with E-state index in [4.69, 9.17) is 5.26 Å². The first-order valence-corrected chi connectivity index (χ1v) is 5.72. The summed E-state index contributed by atoms with van der Waals surface area (Å²) in [6.07, 6.45) is 3.29. The molecule has 0 aliphatic rings. The number of rotatable bonds is 6. The summed E-state index contributed by atoms with van der Waals surface area (Å²) >= 11 is 0. The van der Waals surface area contributed by atoms with Crippen molar-refractivity contribution in [1.29, 1.82) is 5.26 Å². The number of carbonyl (C=O) groups is 1. The molecule has 2 atom stereocenters. The van der Waals surface area contributed by atoms with Gasteiger partial charge in [0.05, 0.1) is 0 Å². The Morgan fingerprint density at radius 2 is 1.88 bits per heavy atom. The number of carbonyl (C=O) groups excluding carboxylic acids is 1. The molecule has 1 amide bonds. The molecule has 0 aromatic carbocycles. The monoisotopic (exact) mass is 223 g/mol. The van der Waals surface area contributed by atoms with Crippen LogP contribution in [-0.2, 0) is 4.79 Å². The summed E-state index contributed by atoms with van der Waals surface area (Å²) in [6.45, 7) is 7.93. The molecule has 0 heterocycles. The third-order valence-corrected chi connectivity index (χ3v) is 2.48. The number of nitrogens with one attached hydrogen (secondary N) is 2. The predicted octanol–water partition coefficient (Wildman–Crippen LogP) is 1.70. The average Bonchev–Trinajstić information content (AvgIpc) is 2.29. The van der Waals surface area contributed by atoms with Gasteiger partial charge in [0.1, 0.15) is 11.6 Å². The Morgan fingerprint density at radius 3 is 2.31 bits per heavy atom. The molecule has 4 nitrogen and oxygen atoms in total. The Balaban J connectivity index is 4.38. The van der Waals surface area contributed by atoms with Gasteiger partial charge in [0, 0.05) is 18.3 Å². The van der Waals surface area contributed by atoms with Crippen LogP contribution in [0.3, 0.4) is 0 Å². The Bertz CT molecular complexity index is 291. The molecule has 0 saturated carbocycles. The summed E-state index contributed by atoms with van der Waals surface area (Å²) in [5.41, 5.74) is 0.126. The van der Waals surface area contributed by atoms with Crippen molar-refractivity contribution in [2.24, 2.45) is 0 Å². The van der Waals surface area contributed by atoms with Crippen molar-refractivity contribution in [1.82, 2.24) is 10.6 Å². The first-order chi connectivity index (χ1) is 7.54. The predicted molar refractivity (Wildman–Crippen MR) is 64.5 cm³/mol. The SMILES string of the molecule is CCC(C)N/C=C(/C#N)C(=O)NC(C)CC. The van der Waals surface area contributed by atoms with Crippen molar-refractivity contribution in [2.45, 2.75) is 52.6 Å². The second-order valence-electron chi connectivity index (χ2n) is 3.93. The van der Waals surface area contributed by atoms with E-state index in [0.717, 1.165) is 12.8 Å². The van der Waals surface area contributed by atoms with Crippen LogP contribution < -0.4 is 10.6 Å². The topological polar surface area (TPSA) is 64.9 Å². The van der Waals surface area contributed by atoms with Gasteiger partial charge in [0.2, 0.25) is 0 Å². The second kappa shape index (κ2) is 7.75. The molecule has 0 radical (unpaired) electrons. The van der Waals surface area contributed by atoms with Crippen molar-refractivity contribution in [3.63, 3.8) is 0 Å². The van der Waals surface area contributed by atoms with Crippen LogP contribution in [0.15, 0.2) is 11.8 Å². The summed E-state index contributed by atoms with van der Waals surface area (Å²) in [5.74, 6) is -0.312. The van der Waals surface area contributed by atoms with E-state index in [-0.39, 0.29) is 23.6 Å². The van der Waals surface area contributed by atoms with Crippen LogP contribution in [-0.4, -0.2) is 18.0 Å². The molecule has 0 rings (SSSR count). The van der Waals surface area contributed by atoms with Crippen LogP contribution >= 0.6 is 0 Å². The fourth-order valence-electron chi connectivity index (χ4n) is 0.896. The summed E-state index contributed by atoms with van der Waals surface area (Å²) in [6, 6.07) is 2.25. The standard InChI is InChI=1S/C12H21N3O/c1-5-9(3)14-8-11(7-13)12(16)15-10(4)6-2/h8-10,14H,5-6H2,1-4H3,(H,15,16)/b11-8-. The highest BCUT2D eigenvalue weighted by atomic mass is 16.1. The Labute approximate surface area is 97.7 Å². The van der Waals surface area contributed by atoms with Crippen LogP contribution in [0.25, 0.3) is 0 Å². The molecular formula is C12H21N3O. The maximum absolute atomic E-state index is 11.6. The lowest BCUT2D eigenvalue weighted by Crippen LogP contribution is -2.33. The Morgan fingerprint density at radius 1 is 1.31 bits per heavy atom. The Hall–Kier alpha value is -1.50. The zero-order valence-corrected chi connectivity index (χ0v) is 10.5. The van der Waals surface area contributed by atoms with Crippen LogP contribution in [0.5, 0.6) is 0 Å². The number of nitrogens with zero attached hydrogens (tertiary/aromatic N) is 1. The molecule has 0 aromatic rings. The van der Waals surface area contributed by atoms with Gasteiger partial charge < -0.3 is 10.6 Å². The Kier molecular flexibility index (Phi) is 7.02. The van der Waals surface area contributed by atoms with Crippen LogP contribution in [0.2, 0.25) is 0 Å². The maximum atomic E-state index is 11.6. The zero-order chi connectivity index (χ0) is 12.6. The third kappa shape index (κ3) is 5.40. The molecule has 0 spiro atoms. The van der Waals surface area contributed by atoms with Gasteiger partial charge in [-0.1, -0.05) is 13.8 Å². The molecule has 0 aromatic heterocycles. The highest BCUT2D eigenvalue weighted by Crippen LogP contribution is 1.96. The normalized spacial score (nSPS) is 14.8. The lowest BCUT2D eigenvalue weighted by molar-refractivity contribution is -0.117. The molecule has 2 unspecified atom stereocenters. The third-order valence-electron chi connectivity index (χ3n) is 2.48. The van der Waals surface area contributed by atoms with Gasteiger partial charge >= 0.3 is 0 Å². The van der Waals surface area contributed by atoms with Crippen molar-refractivity contribution in [3.05, 3.63) is 11.8 Å². The van der Waals surface area contributed by atoms with E-state index >= 15 is 0 Å². The largest absolute Gasteiger partial charge is 0.387 e. The molecule has 2 N–H and O–H groups in total. The molecular weight excluding hydrogens is 202 g/mol. The van der Waals surface area contributed by atoms with Crippen LogP contribution in [0.4, 0.5) is 0 Å². The van der Waals surface area contributed by atoms with E-state index < -0.39 is 0 Å². The van der Waals surface area contributed by atoms with Crippen LogP contribution in [0.1, 0.15) is 40.5 Å². The minimum Gasteiger partial charge on any atom is -0.387 e. The van der Waals surface area contributed by atoms with E-state index in [2.05, 4.69) is 10.6 Å². The molecule has 90 valence electrons. The summed E-state index contributed by atoms with van der Waals surface area (Å²) in [7, 11) is 0. The van der Waals surface area contributed by atoms with Crippen molar-refractivity contribution in [2.75, 3.05) is 0 Å². The molecule has 0 bridgehead atoms. The number of nitriles is 1. The van der Waals surface area contributed by atoms with Crippen molar-refractivity contribution >= 4 is 5.91 Å². The zero-order valence-electron chi connectivity index (χ0n) is 10.5. The molecule has 4 heteroatoms. The van der Waals surface area contributed by atoms with Gasteiger partial charge in [-0.05, 0) is 26.7 Å². The number of amides is 1. The highest BCUT2D eigenvalue weighted by Gasteiger charge is 2.11. The molecule has 16 heavy (non-hydrogen) atoms. The van der Waals surface area contributed by atoms with Gasteiger partial charge in [-0.15, -0.1) is 0 Å². The van der Waals surface area contributed by atoms with Gasteiger partial charge in [0.25, 0.3) is 5.91 Å². The highest BCUT2D eigenvalue weighted by molar-refractivity contribution is 5.97. The van der Waals surface area contributed by atoms with Crippen LogP contribution in [0, 0.1) is 11.3 Å². The minimum absolute atomic E-state index is 0.0906. The number of hydrogen-bond acceptors (Lipinski definition) is 3. The fourth-order valence-corrected chi connectivity index (χ4v) is 0.896. The maximum Gasteiger partial charge on any atom is 0.263 e. The van der Waals surface area contributed by atoms with E-state index in [1.807, 2.05) is 33.8 Å². The van der Waals surface area contributed by atoms with E-state index in [9.17, 15) is 4.79 Å². The smallest absolute Gasteiger partial charge is 0.263 e. The lowest BCUT2D eigenvalue weighted by atomic mass is 10.2. The fraction of sp³-hybridized carbons (Fsp3) is 0.667. The second-order valence-corrected chi connectivity index (χ2v) is 3.93. The van der Waals surface area contributed by atoms with E-state index in [1.54, 1.807) is 0 Å². The number of hydrogen-bond donors (Lipinski definition) is 2. The first-order valence-electron chi connectivity index (χ1n) is 5.72. The van der Waals surface area contributed by atoms with Gasteiger partial charge in [-0.3, -0.25) is 4.79 Å². The van der Waals surface area contributed by atoms with Gasteiger partial charge in [-0.25, -0.2) is 0 Å². The molecule has 0 aliphatic carbocycles. The van der Waals surface area contributed by atoms with Gasteiger partial charge in [-0.2, -0.15) is 5.26 Å². The summed E-state index contributed by atoms with van der Waals surface area (Å²) in [4.78, 5) is 11.6. The summed E-state index contributed by atoms with van der Waals surface area (Å²) < 4.78 is 0. The first kappa shape index (κ1) is 14.5. The molecule has 0 fully saturated rings. The average molecular weight is 223 g/mol. The van der Waals surface area contributed by atoms with Crippen molar-refractivity contribution in [3.8, 4) is 6.07 Å². The van der Waals surface area contributed by atoms with Gasteiger partial charge in [0.15, 0.2) is 0 Å². The van der Waals surface area contributed by atoms with Crippen molar-refractivity contribution < 1.29 is 4.79 Å². The summed E-state index contributed by atoms with van der Waals surface area (Å²) in [5, 5.41) is 14.6. The molecule has 0 aliphatic heterocycles. The minimum atomic E-state index is -0.312. The lowest BCUT2D eigenvalue weighted by Gasteiger charge is -2.12. The molecule has 0 saturated heterocycles. The van der Waals surface area contributed by atoms with E-state index in [0.29, 0.717) is 0 Å². The van der Waals surface area contributed by atoms with E-state index in [1.165, 1.54) is 6.20 Å².